The number of nitrogens with one attached hydrogen (secondary N) is 1. The van der Waals surface area contributed by atoms with Gasteiger partial charge in [0.05, 0.1) is 5.52 Å². The zero-order valence-electron chi connectivity index (χ0n) is 13.6. The van der Waals surface area contributed by atoms with Gasteiger partial charge in [-0.1, -0.05) is 17.7 Å². The topological polar surface area (TPSA) is 86.0 Å². The van der Waals surface area contributed by atoms with E-state index in [1.165, 1.54) is 9.13 Å². The molecule has 2 heterocycles. The molecule has 0 aliphatic heterocycles. The first kappa shape index (κ1) is 15.8. The Kier molecular flexibility index (Phi) is 3.76. The molecule has 1 amide bonds. The Balaban J connectivity index is 1.70. The third kappa shape index (κ3) is 2.89. The predicted octanol–water partition coefficient (Wildman–Crippen LogP) is 1.90. The number of amides is 1. The average molecular weight is 356 g/mol. The van der Waals surface area contributed by atoms with E-state index in [0.717, 1.165) is 29.9 Å². The quantitative estimate of drug-likeness (QED) is 0.774. The molecule has 1 saturated carbocycles. The Bertz CT molecular complexity index is 1070. The minimum Gasteiger partial charge on any atom is -0.325 e. The van der Waals surface area contributed by atoms with Crippen LogP contribution in [-0.4, -0.2) is 19.4 Å². The molecule has 128 valence electrons. The average Bonchev–Trinajstić information content (AvgIpc) is 3.29. The summed E-state index contributed by atoms with van der Waals surface area (Å²) < 4.78 is 6.68. The highest BCUT2D eigenvalue weighted by Gasteiger charge is 2.29. The Morgan fingerprint density at radius 2 is 2.00 bits per heavy atom. The summed E-state index contributed by atoms with van der Waals surface area (Å²) in [4.78, 5) is 37.6. The highest BCUT2D eigenvalue weighted by Crippen LogP contribution is 2.32. The van der Waals surface area contributed by atoms with Gasteiger partial charge in [0.2, 0.25) is 5.91 Å². The van der Waals surface area contributed by atoms with Crippen LogP contribution < -0.4 is 16.6 Å². The molecule has 25 heavy (non-hydrogen) atoms. The molecule has 1 aliphatic carbocycles. The molecule has 8 heteroatoms. The Morgan fingerprint density at radius 3 is 2.68 bits per heavy atom. The monoisotopic (exact) mass is 356 g/mol. The van der Waals surface area contributed by atoms with Crippen molar-refractivity contribution in [1.82, 2.24) is 13.5 Å². The molecule has 4 rings (SSSR count). The lowest BCUT2D eigenvalue weighted by molar-refractivity contribution is -0.116. The van der Waals surface area contributed by atoms with Gasteiger partial charge in [0, 0.05) is 17.1 Å². The molecule has 1 fully saturated rings. The number of anilines is 1. The van der Waals surface area contributed by atoms with Gasteiger partial charge in [-0.3, -0.25) is 18.7 Å². The van der Waals surface area contributed by atoms with Crippen molar-refractivity contribution < 1.29 is 4.79 Å². The zero-order valence-corrected chi connectivity index (χ0v) is 14.4. The second kappa shape index (κ2) is 5.96. The van der Waals surface area contributed by atoms with Crippen LogP contribution in [0.2, 0.25) is 0 Å². The van der Waals surface area contributed by atoms with Gasteiger partial charge in [0.15, 0.2) is 5.52 Å². The fourth-order valence-corrected chi connectivity index (χ4v) is 3.46. The molecule has 0 spiro atoms. The van der Waals surface area contributed by atoms with Crippen LogP contribution in [-0.2, 0) is 11.3 Å². The molecular weight excluding hydrogens is 340 g/mol. The Morgan fingerprint density at radius 1 is 1.28 bits per heavy atom. The lowest BCUT2D eigenvalue weighted by atomic mass is 10.2. The smallest absolute Gasteiger partial charge is 0.325 e. The van der Waals surface area contributed by atoms with E-state index in [4.69, 9.17) is 0 Å². The van der Waals surface area contributed by atoms with Crippen LogP contribution in [0.15, 0.2) is 39.2 Å². The van der Waals surface area contributed by atoms with Crippen molar-refractivity contribution in [3.05, 3.63) is 56.0 Å². The summed E-state index contributed by atoms with van der Waals surface area (Å²) >= 11 is 1.11. The summed E-state index contributed by atoms with van der Waals surface area (Å²) in [5, 5.41) is 4.41. The molecule has 1 aromatic carbocycles. The number of hydrogen-bond donors (Lipinski definition) is 1. The summed E-state index contributed by atoms with van der Waals surface area (Å²) in [7, 11) is 0. The zero-order chi connectivity index (χ0) is 17.6. The third-order valence-electron chi connectivity index (χ3n) is 4.25. The van der Waals surface area contributed by atoms with Crippen molar-refractivity contribution in [3.8, 4) is 0 Å². The maximum absolute atomic E-state index is 12.7. The van der Waals surface area contributed by atoms with Crippen LogP contribution in [0.5, 0.6) is 0 Å². The molecule has 0 unspecified atom stereocenters. The highest BCUT2D eigenvalue weighted by molar-refractivity contribution is 7.04. The number of hydrogen-bond acceptors (Lipinski definition) is 5. The SMILES string of the molecule is Cc1ccc(NC(=O)Cn2c(=O)n(C3CC3)c(=O)c3nscc32)cc1. The maximum Gasteiger partial charge on any atom is 0.332 e. The van der Waals surface area contributed by atoms with Gasteiger partial charge in [-0.05, 0) is 43.4 Å². The summed E-state index contributed by atoms with van der Waals surface area (Å²) in [6.45, 7) is 1.81. The first-order valence-corrected chi connectivity index (χ1v) is 8.84. The molecule has 7 nitrogen and oxygen atoms in total. The van der Waals surface area contributed by atoms with Gasteiger partial charge >= 0.3 is 5.69 Å². The van der Waals surface area contributed by atoms with Crippen molar-refractivity contribution >= 4 is 34.2 Å². The molecule has 3 aromatic rings. The van der Waals surface area contributed by atoms with Gasteiger partial charge in [-0.2, -0.15) is 4.37 Å². The number of carbonyl (C=O) groups excluding carboxylic acids is 1. The molecule has 0 radical (unpaired) electrons. The number of aromatic nitrogens is 3. The fraction of sp³-hybridized carbons (Fsp3) is 0.294. The van der Waals surface area contributed by atoms with Gasteiger partial charge in [-0.15, -0.1) is 0 Å². The van der Waals surface area contributed by atoms with Crippen molar-refractivity contribution in [2.45, 2.75) is 32.4 Å². The van der Waals surface area contributed by atoms with E-state index < -0.39 is 5.69 Å². The summed E-state index contributed by atoms with van der Waals surface area (Å²) in [6, 6.07) is 7.34. The molecule has 0 bridgehead atoms. The Labute approximate surface area is 146 Å². The van der Waals surface area contributed by atoms with E-state index in [1.54, 1.807) is 5.38 Å². The van der Waals surface area contributed by atoms with Crippen LogP contribution in [0.25, 0.3) is 11.0 Å². The molecule has 0 atom stereocenters. The van der Waals surface area contributed by atoms with Crippen LogP contribution in [0.3, 0.4) is 0 Å². The maximum atomic E-state index is 12.7. The number of benzene rings is 1. The van der Waals surface area contributed by atoms with E-state index in [0.29, 0.717) is 11.2 Å². The normalized spacial score (nSPS) is 14.0. The first-order valence-electron chi connectivity index (χ1n) is 8.00. The minimum atomic E-state index is -0.445. The highest BCUT2D eigenvalue weighted by atomic mass is 32.1. The second-order valence-electron chi connectivity index (χ2n) is 6.24. The largest absolute Gasteiger partial charge is 0.332 e. The Hall–Kier alpha value is -2.74. The van der Waals surface area contributed by atoms with Crippen molar-refractivity contribution in [2.24, 2.45) is 0 Å². The van der Waals surface area contributed by atoms with Gasteiger partial charge < -0.3 is 5.32 Å². The van der Waals surface area contributed by atoms with Gasteiger partial charge in [0.25, 0.3) is 5.56 Å². The van der Waals surface area contributed by atoms with Gasteiger partial charge in [0.1, 0.15) is 6.54 Å². The molecule has 1 N–H and O–H groups in total. The minimum absolute atomic E-state index is 0.0718. The molecule has 1 aliphatic rings. The van der Waals surface area contributed by atoms with E-state index in [2.05, 4.69) is 9.69 Å². The predicted molar refractivity (Wildman–Crippen MR) is 96.2 cm³/mol. The first-order chi connectivity index (χ1) is 12.0. The summed E-state index contributed by atoms with van der Waals surface area (Å²) in [5.74, 6) is -0.320. The summed E-state index contributed by atoms with van der Waals surface area (Å²) in [6.07, 6.45) is 1.61. The third-order valence-corrected chi connectivity index (χ3v) is 4.87. The molecule has 2 aromatic heterocycles. The molecular formula is C17H16N4O3S. The van der Waals surface area contributed by atoms with Gasteiger partial charge in [-0.25, -0.2) is 4.79 Å². The lowest BCUT2D eigenvalue weighted by Gasteiger charge is -2.11. The van der Waals surface area contributed by atoms with E-state index in [1.807, 2.05) is 31.2 Å². The van der Waals surface area contributed by atoms with Crippen LogP contribution in [0.1, 0.15) is 24.4 Å². The van der Waals surface area contributed by atoms with Crippen LogP contribution in [0, 0.1) is 6.92 Å². The van der Waals surface area contributed by atoms with Crippen molar-refractivity contribution in [3.63, 3.8) is 0 Å². The number of fused-ring (bicyclic) bond motifs is 1. The van der Waals surface area contributed by atoms with E-state index in [-0.39, 0.29) is 29.6 Å². The number of rotatable bonds is 4. The fourth-order valence-electron chi connectivity index (χ4n) is 2.79. The summed E-state index contributed by atoms with van der Waals surface area (Å²) in [5.41, 5.74) is 1.62. The van der Waals surface area contributed by atoms with Crippen LogP contribution >= 0.6 is 11.5 Å². The second-order valence-corrected chi connectivity index (χ2v) is 6.87. The number of aryl methyl sites for hydroxylation is 1. The van der Waals surface area contributed by atoms with Crippen molar-refractivity contribution in [1.29, 1.82) is 0 Å². The molecule has 0 saturated heterocycles. The number of nitrogens with zero attached hydrogens (tertiary/aromatic N) is 3. The van der Waals surface area contributed by atoms with Crippen LogP contribution in [0.4, 0.5) is 5.69 Å². The van der Waals surface area contributed by atoms with E-state index in [9.17, 15) is 14.4 Å². The number of carbonyl (C=O) groups is 1. The van der Waals surface area contributed by atoms with Crippen molar-refractivity contribution in [2.75, 3.05) is 5.32 Å². The lowest BCUT2D eigenvalue weighted by Crippen LogP contribution is -2.41. The van der Waals surface area contributed by atoms with E-state index >= 15 is 0 Å². The standard InChI is InChI=1S/C17H16N4O3S/c1-10-2-4-11(5-3-10)18-14(22)8-20-13-9-25-19-15(13)16(23)21(17(20)24)12-6-7-12/h2-5,9,12H,6-8H2,1H3,(H,18,22).